The van der Waals surface area contributed by atoms with E-state index in [0.717, 1.165) is 5.56 Å². The Morgan fingerprint density at radius 1 is 1.45 bits per heavy atom. The summed E-state index contributed by atoms with van der Waals surface area (Å²) >= 11 is 0. The highest BCUT2D eigenvalue weighted by atomic mass is 35.5. The number of anilines is 1. The molecule has 0 saturated carbocycles. The van der Waals surface area contributed by atoms with Gasteiger partial charge in [0, 0.05) is 24.8 Å². The molecule has 6 nitrogen and oxygen atoms in total. The molecule has 0 radical (unpaired) electrons. The predicted octanol–water partition coefficient (Wildman–Crippen LogP) is 1.86. The van der Waals surface area contributed by atoms with Crippen molar-refractivity contribution < 1.29 is 17.9 Å². The predicted molar refractivity (Wildman–Crippen MR) is 89.0 cm³/mol. The third-order valence-corrected chi connectivity index (χ3v) is 4.72. The molecule has 126 valence electrons. The normalized spacial score (nSPS) is 19.7. The summed E-state index contributed by atoms with van der Waals surface area (Å²) < 4.78 is 37.6. The van der Waals surface area contributed by atoms with Crippen LogP contribution in [-0.2, 0) is 14.8 Å². The van der Waals surface area contributed by atoms with E-state index < -0.39 is 15.6 Å². The van der Waals surface area contributed by atoms with Crippen LogP contribution in [0.3, 0.4) is 0 Å². The smallest absolute Gasteiger partial charge is 0.214 e. The minimum atomic E-state index is -3.42. The van der Waals surface area contributed by atoms with Crippen molar-refractivity contribution in [3.05, 3.63) is 23.8 Å². The molecule has 1 aliphatic rings. The maximum Gasteiger partial charge on any atom is 0.214 e. The first-order valence-corrected chi connectivity index (χ1v) is 8.45. The standard InChI is InChI=1S/C14H22N2O4S.ClH/c1-14(2)9-12(16-21(17,18)7-6-19-3)11-8-10(15)4-5-13(11)20-14;/h4-5,8,12,16H,6-7,9,15H2,1-3H3;1H. The van der Waals surface area contributed by atoms with Gasteiger partial charge in [-0.25, -0.2) is 13.1 Å². The summed E-state index contributed by atoms with van der Waals surface area (Å²) in [4.78, 5) is 0. The van der Waals surface area contributed by atoms with E-state index in [9.17, 15) is 8.42 Å². The number of nitrogens with one attached hydrogen (secondary N) is 1. The lowest BCUT2D eigenvalue weighted by Gasteiger charge is -2.37. The minimum absolute atomic E-state index is 0. The zero-order chi connectivity index (χ0) is 15.7. The molecule has 0 aliphatic carbocycles. The van der Waals surface area contributed by atoms with Crippen LogP contribution in [-0.4, -0.2) is 33.5 Å². The second-order valence-corrected chi connectivity index (χ2v) is 7.72. The molecule has 3 N–H and O–H groups in total. The lowest BCUT2D eigenvalue weighted by atomic mass is 9.90. The largest absolute Gasteiger partial charge is 0.487 e. The second kappa shape index (κ2) is 7.04. The van der Waals surface area contributed by atoms with Crippen molar-refractivity contribution in [1.82, 2.24) is 4.72 Å². The molecule has 22 heavy (non-hydrogen) atoms. The van der Waals surface area contributed by atoms with Crippen LogP contribution in [0.2, 0.25) is 0 Å². The van der Waals surface area contributed by atoms with E-state index in [4.69, 9.17) is 15.2 Å². The van der Waals surface area contributed by atoms with Gasteiger partial charge < -0.3 is 15.2 Å². The number of sulfonamides is 1. The summed E-state index contributed by atoms with van der Waals surface area (Å²) in [5.41, 5.74) is 6.71. The molecule has 1 atom stereocenters. The average Bonchev–Trinajstić information content (AvgIpc) is 2.36. The van der Waals surface area contributed by atoms with Crippen LogP contribution in [0.25, 0.3) is 0 Å². The van der Waals surface area contributed by atoms with Crippen molar-refractivity contribution in [3.63, 3.8) is 0 Å². The number of hydrogen-bond donors (Lipinski definition) is 2. The van der Waals surface area contributed by atoms with E-state index in [1.54, 1.807) is 18.2 Å². The molecule has 0 bridgehead atoms. The van der Waals surface area contributed by atoms with Gasteiger partial charge in [0.2, 0.25) is 10.0 Å². The second-order valence-electron chi connectivity index (χ2n) is 5.85. The molecule has 1 heterocycles. The third-order valence-electron chi connectivity index (χ3n) is 3.37. The zero-order valence-corrected chi connectivity index (χ0v) is 14.6. The lowest BCUT2D eigenvalue weighted by molar-refractivity contribution is 0.0702. The van der Waals surface area contributed by atoms with E-state index >= 15 is 0 Å². The number of halogens is 1. The number of rotatable bonds is 5. The molecular formula is C14H23ClN2O4S. The van der Waals surface area contributed by atoms with Crippen molar-refractivity contribution in [2.75, 3.05) is 25.2 Å². The van der Waals surface area contributed by atoms with Gasteiger partial charge in [0.1, 0.15) is 11.4 Å². The van der Waals surface area contributed by atoms with Crippen molar-refractivity contribution in [2.24, 2.45) is 0 Å². The van der Waals surface area contributed by atoms with Crippen LogP contribution in [0.5, 0.6) is 5.75 Å². The fourth-order valence-electron chi connectivity index (χ4n) is 2.45. The third kappa shape index (κ3) is 4.74. The van der Waals surface area contributed by atoms with Crippen LogP contribution < -0.4 is 15.2 Å². The molecule has 0 spiro atoms. The van der Waals surface area contributed by atoms with Crippen LogP contribution >= 0.6 is 12.4 Å². The van der Waals surface area contributed by atoms with Crippen molar-refractivity contribution in [3.8, 4) is 5.75 Å². The van der Waals surface area contributed by atoms with E-state index in [-0.39, 0.29) is 30.8 Å². The number of methoxy groups -OCH3 is 1. The van der Waals surface area contributed by atoms with Crippen LogP contribution in [0, 0.1) is 0 Å². The first-order chi connectivity index (χ1) is 9.72. The van der Waals surface area contributed by atoms with Gasteiger partial charge in [0.05, 0.1) is 18.4 Å². The number of nitrogen functional groups attached to an aromatic ring is 1. The maximum atomic E-state index is 12.1. The minimum Gasteiger partial charge on any atom is -0.487 e. The number of benzene rings is 1. The van der Waals surface area contributed by atoms with E-state index in [1.165, 1.54) is 7.11 Å². The Kier molecular flexibility index (Phi) is 6.09. The quantitative estimate of drug-likeness (QED) is 0.791. The topological polar surface area (TPSA) is 90.7 Å². The Labute approximate surface area is 137 Å². The highest BCUT2D eigenvalue weighted by Gasteiger charge is 2.35. The van der Waals surface area contributed by atoms with Gasteiger partial charge in [-0.2, -0.15) is 0 Å². The summed E-state index contributed by atoms with van der Waals surface area (Å²) in [5.74, 6) is 0.596. The van der Waals surface area contributed by atoms with Crippen LogP contribution in [0.4, 0.5) is 5.69 Å². The molecule has 1 aromatic rings. The first kappa shape index (κ1) is 19.0. The molecule has 0 amide bonds. The molecule has 2 rings (SSSR count). The Morgan fingerprint density at radius 2 is 2.14 bits per heavy atom. The van der Waals surface area contributed by atoms with E-state index in [1.807, 2.05) is 13.8 Å². The fourth-order valence-corrected chi connectivity index (χ4v) is 3.59. The number of ether oxygens (including phenoxy) is 2. The summed E-state index contributed by atoms with van der Waals surface area (Å²) in [6.07, 6.45) is 0.537. The highest BCUT2D eigenvalue weighted by molar-refractivity contribution is 7.89. The molecule has 0 saturated heterocycles. The number of nitrogens with two attached hydrogens (primary N) is 1. The van der Waals surface area contributed by atoms with Crippen LogP contribution in [0.15, 0.2) is 18.2 Å². The van der Waals surface area contributed by atoms with Gasteiger partial charge in [0.25, 0.3) is 0 Å². The summed E-state index contributed by atoms with van der Waals surface area (Å²) in [5, 5.41) is 0. The van der Waals surface area contributed by atoms with Gasteiger partial charge in [-0.3, -0.25) is 0 Å². The molecular weight excluding hydrogens is 328 g/mol. The van der Waals surface area contributed by atoms with Gasteiger partial charge >= 0.3 is 0 Å². The van der Waals surface area contributed by atoms with E-state index in [2.05, 4.69) is 4.72 Å². The van der Waals surface area contributed by atoms with E-state index in [0.29, 0.717) is 17.9 Å². The Bertz CT molecular complexity index is 619. The Hall–Kier alpha value is -1.02. The molecule has 0 fully saturated rings. The summed E-state index contributed by atoms with van der Waals surface area (Å²) in [6, 6.07) is 4.93. The monoisotopic (exact) mass is 350 g/mol. The van der Waals surface area contributed by atoms with Crippen molar-refractivity contribution in [1.29, 1.82) is 0 Å². The fraction of sp³-hybridized carbons (Fsp3) is 0.571. The van der Waals surface area contributed by atoms with Gasteiger partial charge in [0.15, 0.2) is 0 Å². The van der Waals surface area contributed by atoms with Gasteiger partial charge in [-0.05, 0) is 32.0 Å². The first-order valence-electron chi connectivity index (χ1n) is 6.80. The average molecular weight is 351 g/mol. The summed E-state index contributed by atoms with van der Waals surface area (Å²) in [6.45, 7) is 4.03. The summed E-state index contributed by atoms with van der Waals surface area (Å²) in [7, 11) is -1.95. The number of hydrogen-bond acceptors (Lipinski definition) is 5. The lowest BCUT2D eigenvalue weighted by Crippen LogP contribution is -2.42. The van der Waals surface area contributed by atoms with Crippen LogP contribution in [0.1, 0.15) is 31.9 Å². The van der Waals surface area contributed by atoms with Gasteiger partial charge in [-0.1, -0.05) is 0 Å². The van der Waals surface area contributed by atoms with Crippen molar-refractivity contribution >= 4 is 28.1 Å². The molecule has 1 aromatic carbocycles. The SMILES string of the molecule is COCCS(=O)(=O)NC1CC(C)(C)Oc2ccc(N)cc21.Cl. The van der Waals surface area contributed by atoms with Crippen molar-refractivity contribution in [2.45, 2.75) is 31.9 Å². The number of fused-ring (bicyclic) bond motifs is 1. The molecule has 8 heteroatoms. The Morgan fingerprint density at radius 3 is 2.77 bits per heavy atom. The highest BCUT2D eigenvalue weighted by Crippen LogP contribution is 2.40. The maximum absolute atomic E-state index is 12.1. The Balaban J connectivity index is 0.00000242. The molecule has 0 aromatic heterocycles. The molecule has 1 aliphatic heterocycles. The van der Waals surface area contributed by atoms with Gasteiger partial charge in [-0.15, -0.1) is 12.4 Å². The molecule has 1 unspecified atom stereocenters. The zero-order valence-electron chi connectivity index (χ0n) is 13.0.